The lowest BCUT2D eigenvalue weighted by molar-refractivity contribution is 0.482. The molecule has 1 saturated carbocycles. The van der Waals surface area contributed by atoms with E-state index < -0.39 is 9.73 Å². The Morgan fingerprint density at radius 1 is 1.31 bits per heavy atom. The number of benzene rings is 1. The summed E-state index contributed by atoms with van der Waals surface area (Å²) in [5.74, 6) is 0.668. The Kier molecular flexibility index (Phi) is 5.04. The standard InChI is InChI=1S/C19H21ClN6O2S/c1-11(13-5-6-13)26-17-15(10-23-19(20)25-17)24-16(18(26)27)22-9-12-3-7-14(8-4-12)29(2,21)28/h3-4,7-8,10-11,13,21H,5-6,9H2,1-2H3,(H,22,24)/t11-,29?/m0/s1. The van der Waals surface area contributed by atoms with Crippen LogP contribution >= 0.6 is 11.6 Å². The summed E-state index contributed by atoms with van der Waals surface area (Å²) in [5.41, 5.74) is 1.58. The molecule has 152 valence electrons. The van der Waals surface area contributed by atoms with E-state index in [1.807, 2.05) is 6.92 Å². The average molecular weight is 433 g/mol. The number of anilines is 1. The second kappa shape index (κ2) is 7.38. The van der Waals surface area contributed by atoms with Gasteiger partial charge in [-0.1, -0.05) is 12.1 Å². The largest absolute Gasteiger partial charge is 0.361 e. The van der Waals surface area contributed by atoms with Crippen molar-refractivity contribution in [1.82, 2.24) is 19.5 Å². The highest BCUT2D eigenvalue weighted by Crippen LogP contribution is 2.39. The molecule has 1 aromatic carbocycles. The molecule has 2 atom stereocenters. The molecular formula is C19H21ClN6O2S. The highest BCUT2D eigenvalue weighted by Gasteiger charge is 2.31. The van der Waals surface area contributed by atoms with Gasteiger partial charge in [-0.15, -0.1) is 0 Å². The quantitative estimate of drug-likeness (QED) is 0.576. The SMILES string of the molecule is C[C@@H](C1CC1)n1c(=O)c(NCc2ccc(S(C)(=N)=O)cc2)nc2cnc(Cl)nc21. The first-order chi connectivity index (χ1) is 13.7. The topological polar surface area (TPSA) is 114 Å². The zero-order chi connectivity index (χ0) is 20.8. The molecule has 1 fully saturated rings. The second-order valence-corrected chi connectivity index (χ2v) is 9.90. The predicted octanol–water partition coefficient (Wildman–Crippen LogP) is 3.46. The molecule has 1 aliphatic rings. The van der Waals surface area contributed by atoms with Crippen LogP contribution in [0.2, 0.25) is 5.28 Å². The predicted molar refractivity (Wildman–Crippen MR) is 113 cm³/mol. The monoisotopic (exact) mass is 432 g/mol. The molecule has 0 amide bonds. The molecular weight excluding hydrogens is 412 g/mol. The van der Waals surface area contributed by atoms with Crippen molar-refractivity contribution in [3.63, 3.8) is 0 Å². The first-order valence-corrected chi connectivity index (χ1v) is 11.6. The van der Waals surface area contributed by atoms with E-state index in [1.54, 1.807) is 28.8 Å². The van der Waals surface area contributed by atoms with Gasteiger partial charge in [-0.25, -0.2) is 19.0 Å². The number of nitrogens with zero attached hydrogens (tertiary/aromatic N) is 4. The molecule has 0 aliphatic heterocycles. The lowest BCUT2D eigenvalue weighted by Crippen LogP contribution is -2.29. The minimum absolute atomic E-state index is 0.00596. The molecule has 10 heteroatoms. The fourth-order valence-electron chi connectivity index (χ4n) is 3.32. The molecule has 4 rings (SSSR count). The molecule has 0 bridgehead atoms. The van der Waals surface area contributed by atoms with E-state index in [2.05, 4.69) is 20.3 Å². The maximum Gasteiger partial charge on any atom is 0.295 e. The second-order valence-electron chi connectivity index (χ2n) is 7.40. The van der Waals surface area contributed by atoms with Gasteiger partial charge in [0.25, 0.3) is 5.56 Å². The van der Waals surface area contributed by atoms with Crippen molar-refractivity contribution in [2.45, 2.75) is 37.2 Å². The van der Waals surface area contributed by atoms with Crippen LogP contribution in [0.5, 0.6) is 0 Å². The number of aromatic nitrogens is 4. The first-order valence-electron chi connectivity index (χ1n) is 9.25. The highest BCUT2D eigenvalue weighted by molar-refractivity contribution is 7.91. The van der Waals surface area contributed by atoms with E-state index in [4.69, 9.17) is 16.4 Å². The first kappa shape index (κ1) is 19.8. The Morgan fingerprint density at radius 3 is 2.62 bits per heavy atom. The Hall–Kier alpha value is -2.52. The Labute approximate surface area is 173 Å². The maximum atomic E-state index is 13.1. The Bertz CT molecular complexity index is 1240. The van der Waals surface area contributed by atoms with E-state index in [0.717, 1.165) is 18.4 Å². The van der Waals surface area contributed by atoms with Crippen LogP contribution in [0.4, 0.5) is 5.82 Å². The van der Waals surface area contributed by atoms with Crippen molar-refractivity contribution >= 4 is 38.3 Å². The third kappa shape index (κ3) is 4.11. The third-order valence-corrected chi connectivity index (χ3v) is 6.50. The van der Waals surface area contributed by atoms with Crippen molar-refractivity contribution in [1.29, 1.82) is 4.78 Å². The van der Waals surface area contributed by atoms with Crippen molar-refractivity contribution in [2.75, 3.05) is 11.6 Å². The van der Waals surface area contributed by atoms with Crippen molar-refractivity contribution in [3.05, 3.63) is 51.7 Å². The van der Waals surface area contributed by atoms with E-state index in [-0.39, 0.29) is 22.7 Å². The minimum atomic E-state index is -2.75. The average Bonchev–Trinajstić information content (AvgIpc) is 3.51. The summed E-state index contributed by atoms with van der Waals surface area (Å²) < 4.78 is 21.1. The molecule has 3 aromatic rings. The molecule has 29 heavy (non-hydrogen) atoms. The Morgan fingerprint density at radius 2 is 2.00 bits per heavy atom. The summed E-state index contributed by atoms with van der Waals surface area (Å²) in [4.78, 5) is 26.3. The van der Waals surface area contributed by atoms with Gasteiger partial charge < -0.3 is 5.32 Å². The van der Waals surface area contributed by atoms with E-state index in [9.17, 15) is 9.00 Å². The van der Waals surface area contributed by atoms with E-state index in [0.29, 0.717) is 28.5 Å². The van der Waals surface area contributed by atoms with Crippen LogP contribution < -0.4 is 10.9 Å². The summed E-state index contributed by atoms with van der Waals surface area (Å²) in [6.07, 6.45) is 5.08. The van der Waals surface area contributed by atoms with Gasteiger partial charge in [0.05, 0.1) is 15.9 Å². The molecule has 1 unspecified atom stereocenters. The van der Waals surface area contributed by atoms with Crippen LogP contribution in [0.1, 0.15) is 31.4 Å². The number of hydrogen-bond donors (Lipinski definition) is 2. The molecule has 2 heterocycles. The summed E-state index contributed by atoms with van der Waals surface area (Å²) >= 11 is 5.95. The van der Waals surface area contributed by atoms with Crippen LogP contribution in [0.15, 0.2) is 40.2 Å². The van der Waals surface area contributed by atoms with Crippen LogP contribution in [0.3, 0.4) is 0 Å². The lowest BCUT2D eigenvalue weighted by Gasteiger charge is -2.18. The van der Waals surface area contributed by atoms with Gasteiger partial charge in [-0.3, -0.25) is 9.36 Å². The number of rotatable bonds is 6. The molecule has 2 N–H and O–H groups in total. The van der Waals surface area contributed by atoms with Gasteiger partial charge in [0.2, 0.25) is 5.28 Å². The number of nitrogens with one attached hydrogen (secondary N) is 2. The maximum absolute atomic E-state index is 13.1. The Balaban J connectivity index is 1.68. The van der Waals surface area contributed by atoms with E-state index in [1.165, 1.54) is 12.5 Å². The molecule has 0 spiro atoms. The van der Waals surface area contributed by atoms with Crippen molar-refractivity contribution in [3.8, 4) is 0 Å². The van der Waals surface area contributed by atoms with Gasteiger partial charge >= 0.3 is 0 Å². The highest BCUT2D eigenvalue weighted by atomic mass is 35.5. The summed E-state index contributed by atoms with van der Waals surface area (Å²) in [6.45, 7) is 2.38. The van der Waals surface area contributed by atoms with Crippen molar-refractivity contribution in [2.24, 2.45) is 5.92 Å². The van der Waals surface area contributed by atoms with Crippen LogP contribution in [-0.2, 0) is 16.3 Å². The van der Waals surface area contributed by atoms with Gasteiger partial charge in [-0.05, 0) is 55.0 Å². The zero-order valence-corrected chi connectivity index (χ0v) is 17.6. The van der Waals surface area contributed by atoms with Gasteiger partial charge in [0, 0.05) is 23.7 Å². The van der Waals surface area contributed by atoms with Gasteiger partial charge in [-0.2, -0.15) is 4.98 Å². The van der Waals surface area contributed by atoms with Crippen molar-refractivity contribution < 1.29 is 4.21 Å². The molecule has 2 aromatic heterocycles. The third-order valence-electron chi connectivity index (χ3n) is 5.15. The van der Waals surface area contributed by atoms with Gasteiger partial charge in [0.15, 0.2) is 11.5 Å². The molecule has 1 aliphatic carbocycles. The molecule has 0 saturated heterocycles. The summed E-state index contributed by atoms with van der Waals surface area (Å²) in [7, 11) is -2.75. The fourth-order valence-corrected chi connectivity index (χ4v) is 4.10. The fraction of sp³-hybridized carbons (Fsp3) is 0.368. The number of fused-ring (bicyclic) bond motifs is 1. The van der Waals surface area contributed by atoms with E-state index >= 15 is 0 Å². The number of halogens is 1. The molecule has 8 nitrogen and oxygen atoms in total. The molecule has 0 radical (unpaired) electrons. The summed E-state index contributed by atoms with van der Waals surface area (Å²) in [5, 5.41) is 3.18. The smallest absolute Gasteiger partial charge is 0.295 e. The van der Waals surface area contributed by atoms with Crippen LogP contribution in [0.25, 0.3) is 11.2 Å². The zero-order valence-electron chi connectivity index (χ0n) is 16.1. The number of hydrogen-bond acceptors (Lipinski definition) is 7. The summed E-state index contributed by atoms with van der Waals surface area (Å²) in [6, 6.07) is 6.91. The normalized spacial score (nSPS) is 17.1. The lowest BCUT2D eigenvalue weighted by atomic mass is 10.2. The van der Waals surface area contributed by atoms with Crippen LogP contribution in [-0.4, -0.2) is 30.0 Å². The van der Waals surface area contributed by atoms with Crippen LogP contribution in [0, 0.1) is 10.7 Å². The van der Waals surface area contributed by atoms with Gasteiger partial charge in [0.1, 0.15) is 5.52 Å². The minimum Gasteiger partial charge on any atom is -0.361 e.